The van der Waals surface area contributed by atoms with Gasteiger partial charge >= 0.3 is 0 Å². The van der Waals surface area contributed by atoms with Gasteiger partial charge in [-0.25, -0.2) is 0 Å². The number of benzene rings is 1. The fraction of sp³-hybridized carbons (Fsp3) is 0.143. The molecular weight excluding hydrogens is 841 g/mol. The zero-order valence-corrected chi connectivity index (χ0v) is 26.7. The SMILES string of the molecule is Br.Br.Br.Br.Cc1cc(N=Cc2ccccn2)c(C)cc1N=CCc1ccccn1.[Pd].[Pd]. The van der Waals surface area contributed by atoms with Gasteiger partial charge in [0.25, 0.3) is 0 Å². The van der Waals surface area contributed by atoms with Crippen LogP contribution < -0.4 is 0 Å². The normalized spacial score (nSPS) is 9.23. The van der Waals surface area contributed by atoms with Crippen molar-refractivity contribution in [3.8, 4) is 0 Å². The minimum atomic E-state index is 0. The van der Waals surface area contributed by atoms with E-state index >= 15 is 0 Å². The van der Waals surface area contributed by atoms with Crippen molar-refractivity contribution >= 4 is 91.7 Å². The van der Waals surface area contributed by atoms with Crippen molar-refractivity contribution in [3.63, 3.8) is 0 Å². The number of hydrogen-bond acceptors (Lipinski definition) is 4. The van der Waals surface area contributed by atoms with Gasteiger partial charge in [-0.1, -0.05) is 12.1 Å². The molecule has 31 heavy (non-hydrogen) atoms. The van der Waals surface area contributed by atoms with Gasteiger partial charge in [-0.15, -0.1) is 67.9 Å². The number of aryl methyl sites for hydroxylation is 2. The molecule has 0 atom stereocenters. The molecule has 0 aliphatic carbocycles. The molecule has 176 valence electrons. The maximum Gasteiger partial charge on any atom is 0.0812 e. The summed E-state index contributed by atoms with van der Waals surface area (Å²) in [5, 5.41) is 0. The average molecular weight is 865 g/mol. The molecule has 0 aliphatic rings. The van der Waals surface area contributed by atoms with Gasteiger partial charge < -0.3 is 0 Å². The van der Waals surface area contributed by atoms with E-state index in [2.05, 4.69) is 32.1 Å². The molecule has 0 amide bonds. The van der Waals surface area contributed by atoms with Crippen LogP contribution >= 0.6 is 67.9 Å². The summed E-state index contributed by atoms with van der Waals surface area (Å²) in [5.74, 6) is 0. The van der Waals surface area contributed by atoms with Crippen molar-refractivity contribution < 1.29 is 40.8 Å². The average Bonchev–Trinajstić information content (AvgIpc) is 2.65. The van der Waals surface area contributed by atoms with Gasteiger partial charge in [0, 0.05) is 71.6 Å². The predicted octanol–water partition coefficient (Wildman–Crippen LogP) is 7.10. The van der Waals surface area contributed by atoms with Gasteiger partial charge in [0.15, 0.2) is 0 Å². The van der Waals surface area contributed by atoms with Crippen LogP contribution in [0.3, 0.4) is 0 Å². The molecule has 0 saturated heterocycles. The number of nitrogens with zero attached hydrogens (tertiary/aromatic N) is 4. The molecule has 0 unspecified atom stereocenters. The van der Waals surface area contributed by atoms with Crippen molar-refractivity contribution in [1.29, 1.82) is 0 Å². The van der Waals surface area contributed by atoms with Crippen molar-refractivity contribution in [2.45, 2.75) is 20.3 Å². The van der Waals surface area contributed by atoms with Crippen LogP contribution in [0.25, 0.3) is 0 Å². The van der Waals surface area contributed by atoms with Gasteiger partial charge in [-0.2, -0.15) is 0 Å². The van der Waals surface area contributed by atoms with Gasteiger partial charge in [0.1, 0.15) is 0 Å². The van der Waals surface area contributed by atoms with Crippen LogP contribution in [0.2, 0.25) is 0 Å². The van der Waals surface area contributed by atoms with Gasteiger partial charge in [0.2, 0.25) is 0 Å². The van der Waals surface area contributed by atoms with Crippen LogP contribution in [0.15, 0.2) is 70.9 Å². The largest absolute Gasteiger partial charge is 0.261 e. The first-order valence-electron chi connectivity index (χ1n) is 8.21. The molecule has 3 aromatic rings. The van der Waals surface area contributed by atoms with Crippen LogP contribution in [0.5, 0.6) is 0 Å². The van der Waals surface area contributed by atoms with E-state index in [1.54, 1.807) is 18.6 Å². The second-order valence-corrected chi connectivity index (χ2v) is 5.77. The Morgan fingerprint density at radius 2 is 1.29 bits per heavy atom. The number of rotatable bonds is 5. The Morgan fingerprint density at radius 1 is 0.742 bits per heavy atom. The van der Waals surface area contributed by atoms with E-state index in [1.807, 2.05) is 56.5 Å². The second-order valence-electron chi connectivity index (χ2n) is 5.77. The molecule has 10 heteroatoms. The molecule has 0 bridgehead atoms. The molecule has 0 saturated carbocycles. The van der Waals surface area contributed by atoms with E-state index in [-0.39, 0.29) is 109 Å². The van der Waals surface area contributed by atoms with E-state index in [4.69, 9.17) is 0 Å². The fourth-order valence-corrected chi connectivity index (χ4v) is 2.41. The third-order valence-electron chi connectivity index (χ3n) is 3.80. The van der Waals surface area contributed by atoms with Crippen molar-refractivity contribution in [2.75, 3.05) is 0 Å². The molecule has 4 nitrogen and oxygen atoms in total. The molecule has 0 radical (unpaired) electrons. The number of pyridine rings is 2. The minimum Gasteiger partial charge on any atom is -0.261 e. The summed E-state index contributed by atoms with van der Waals surface area (Å²) in [6.07, 6.45) is 7.97. The minimum absolute atomic E-state index is 0. The van der Waals surface area contributed by atoms with Crippen molar-refractivity contribution in [2.24, 2.45) is 9.98 Å². The molecule has 1 aromatic carbocycles. The van der Waals surface area contributed by atoms with Crippen LogP contribution in [0, 0.1) is 13.8 Å². The Kier molecular flexibility index (Phi) is 25.6. The summed E-state index contributed by atoms with van der Waals surface area (Å²) < 4.78 is 0. The number of aromatic nitrogens is 2. The number of hydrogen-bond donors (Lipinski definition) is 0. The standard InChI is InChI=1S/C21H20N4.4BrH.2Pd/c1-16-14-21(25-15-19-8-4-6-11-23-19)17(2)13-20(16)24-12-9-18-7-3-5-10-22-18;;;;;;/h3-8,10-15H,9H2,1-2H3;4*1H;;. The van der Waals surface area contributed by atoms with E-state index in [0.717, 1.165) is 40.3 Å². The maximum atomic E-state index is 4.59. The summed E-state index contributed by atoms with van der Waals surface area (Å²) in [4.78, 5) is 17.7. The zero-order chi connectivity index (χ0) is 17.5. The molecular formula is C21H24Br4N4Pd2. The Bertz CT molecular complexity index is 912. The van der Waals surface area contributed by atoms with Crippen LogP contribution in [0.1, 0.15) is 22.5 Å². The molecule has 2 heterocycles. The smallest absolute Gasteiger partial charge is 0.0812 e. The monoisotopic (exact) mass is 860 g/mol. The third kappa shape index (κ3) is 12.8. The summed E-state index contributed by atoms with van der Waals surface area (Å²) in [5.41, 5.74) is 5.94. The molecule has 0 fully saturated rings. The third-order valence-corrected chi connectivity index (χ3v) is 3.80. The molecule has 0 spiro atoms. The maximum absolute atomic E-state index is 4.59. The molecule has 0 N–H and O–H groups in total. The Hall–Kier alpha value is 0.105. The first-order valence-corrected chi connectivity index (χ1v) is 8.21. The van der Waals surface area contributed by atoms with E-state index in [9.17, 15) is 0 Å². The number of halogens is 4. The molecule has 2 aromatic heterocycles. The summed E-state index contributed by atoms with van der Waals surface area (Å²) in [7, 11) is 0. The zero-order valence-electron chi connectivity index (χ0n) is 16.7. The Morgan fingerprint density at radius 3 is 1.81 bits per heavy atom. The van der Waals surface area contributed by atoms with Crippen molar-refractivity contribution in [3.05, 3.63) is 83.4 Å². The van der Waals surface area contributed by atoms with Crippen LogP contribution in [-0.2, 0) is 47.3 Å². The second kappa shape index (κ2) is 20.7. The molecule has 0 aliphatic heterocycles. The van der Waals surface area contributed by atoms with Gasteiger partial charge in [-0.05, 0) is 61.4 Å². The summed E-state index contributed by atoms with van der Waals surface area (Å²) in [6.45, 7) is 4.09. The quantitative estimate of drug-likeness (QED) is 0.203. The fourth-order valence-electron chi connectivity index (χ4n) is 2.41. The van der Waals surface area contributed by atoms with Gasteiger partial charge in [-0.3, -0.25) is 20.0 Å². The van der Waals surface area contributed by atoms with E-state index in [1.165, 1.54) is 0 Å². The van der Waals surface area contributed by atoms with E-state index in [0.29, 0.717) is 0 Å². The summed E-state index contributed by atoms with van der Waals surface area (Å²) in [6, 6.07) is 15.8. The summed E-state index contributed by atoms with van der Waals surface area (Å²) >= 11 is 0. The van der Waals surface area contributed by atoms with Gasteiger partial charge in [0.05, 0.1) is 23.3 Å². The first-order chi connectivity index (χ1) is 12.2. The molecule has 3 rings (SSSR count). The van der Waals surface area contributed by atoms with Crippen molar-refractivity contribution in [1.82, 2.24) is 9.97 Å². The predicted molar refractivity (Wildman–Crippen MR) is 145 cm³/mol. The van der Waals surface area contributed by atoms with Crippen LogP contribution in [-0.4, -0.2) is 22.4 Å². The first kappa shape index (κ1) is 38.4. The topological polar surface area (TPSA) is 50.5 Å². The number of aliphatic imine (C=N–C) groups is 2. The Labute approximate surface area is 253 Å². The Balaban J connectivity index is -0.000000607. The van der Waals surface area contributed by atoms with E-state index < -0.39 is 0 Å². The van der Waals surface area contributed by atoms with Crippen LogP contribution in [0.4, 0.5) is 11.4 Å².